The number of ether oxygens (including phenoxy) is 2. The first kappa shape index (κ1) is 17.9. The number of hydrogen-bond acceptors (Lipinski definition) is 4. The Morgan fingerprint density at radius 3 is 2.59 bits per heavy atom. The number of amides is 1. The van der Waals surface area contributed by atoms with Crippen molar-refractivity contribution in [2.45, 2.75) is 13.0 Å². The fraction of sp³-hybridized carbons (Fsp3) is 0.409. The van der Waals surface area contributed by atoms with Crippen LogP contribution in [0.4, 0.5) is 0 Å². The van der Waals surface area contributed by atoms with E-state index in [0.717, 1.165) is 49.8 Å². The molecule has 4 rings (SSSR count). The van der Waals surface area contributed by atoms with E-state index in [9.17, 15) is 4.79 Å². The van der Waals surface area contributed by atoms with Crippen molar-refractivity contribution in [1.82, 2.24) is 9.80 Å². The van der Waals surface area contributed by atoms with Crippen molar-refractivity contribution >= 4 is 5.91 Å². The molecule has 2 aliphatic heterocycles. The smallest absolute Gasteiger partial charge is 0.229 e. The van der Waals surface area contributed by atoms with Gasteiger partial charge in [-0.25, -0.2) is 0 Å². The molecule has 5 heteroatoms. The SMILES string of the molecule is COc1cccc2c1CC(C(=O)N1CCN(Cc3ccccc3)CC1)CO2. The zero-order valence-corrected chi connectivity index (χ0v) is 15.8. The summed E-state index contributed by atoms with van der Waals surface area (Å²) in [5.74, 6) is 1.71. The molecule has 1 fully saturated rings. The Morgan fingerprint density at radius 1 is 1.07 bits per heavy atom. The molecular formula is C22H26N2O3. The zero-order valence-electron chi connectivity index (χ0n) is 15.8. The Bertz CT molecular complexity index is 771. The maximum Gasteiger partial charge on any atom is 0.229 e. The first-order chi connectivity index (χ1) is 13.2. The lowest BCUT2D eigenvalue weighted by Crippen LogP contribution is -2.51. The van der Waals surface area contributed by atoms with E-state index in [1.165, 1.54) is 5.56 Å². The van der Waals surface area contributed by atoms with E-state index < -0.39 is 0 Å². The summed E-state index contributed by atoms with van der Waals surface area (Å²) in [5.41, 5.74) is 2.33. The van der Waals surface area contributed by atoms with Gasteiger partial charge in [-0.3, -0.25) is 9.69 Å². The van der Waals surface area contributed by atoms with Crippen LogP contribution >= 0.6 is 0 Å². The van der Waals surface area contributed by atoms with Crippen LogP contribution in [0.1, 0.15) is 11.1 Å². The number of nitrogens with zero attached hydrogens (tertiary/aromatic N) is 2. The fourth-order valence-corrected chi connectivity index (χ4v) is 3.95. The van der Waals surface area contributed by atoms with Crippen LogP contribution in [0.5, 0.6) is 11.5 Å². The van der Waals surface area contributed by atoms with Gasteiger partial charge in [-0.15, -0.1) is 0 Å². The van der Waals surface area contributed by atoms with E-state index >= 15 is 0 Å². The Kier molecular flexibility index (Phi) is 5.30. The molecule has 0 N–H and O–H groups in total. The number of rotatable bonds is 4. The van der Waals surface area contributed by atoms with Gasteiger partial charge in [0.15, 0.2) is 0 Å². The van der Waals surface area contributed by atoms with Crippen LogP contribution in [0.2, 0.25) is 0 Å². The molecule has 2 aliphatic rings. The molecule has 2 heterocycles. The van der Waals surface area contributed by atoms with Gasteiger partial charge in [0, 0.05) is 38.3 Å². The van der Waals surface area contributed by atoms with Crippen molar-refractivity contribution < 1.29 is 14.3 Å². The molecule has 0 spiro atoms. The standard InChI is InChI=1S/C22H26N2O3/c1-26-20-8-5-9-21-19(20)14-18(16-27-21)22(25)24-12-10-23(11-13-24)15-17-6-3-2-4-7-17/h2-9,18H,10-16H2,1H3. The molecule has 0 saturated carbocycles. The molecule has 2 aromatic carbocycles. The van der Waals surface area contributed by atoms with Gasteiger partial charge in [-0.1, -0.05) is 36.4 Å². The quantitative estimate of drug-likeness (QED) is 0.834. The van der Waals surface area contributed by atoms with Gasteiger partial charge in [0.05, 0.1) is 13.0 Å². The second kappa shape index (κ2) is 8.01. The monoisotopic (exact) mass is 366 g/mol. The van der Waals surface area contributed by atoms with Crippen molar-refractivity contribution in [3.8, 4) is 11.5 Å². The number of carbonyl (C=O) groups excluding carboxylic acids is 1. The molecule has 5 nitrogen and oxygen atoms in total. The maximum absolute atomic E-state index is 13.0. The van der Waals surface area contributed by atoms with Gasteiger partial charge in [-0.2, -0.15) is 0 Å². The lowest BCUT2D eigenvalue weighted by Gasteiger charge is -2.37. The first-order valence-corrected chi connectivity index (χ1v) is 9.58. The van der Waals surface area contributed by atoms with Crippen LogP contribution in [0.25, 0.3) is 0 Å². The number of fused-ring (bicyclic) bond motifs is 1. The first-order valence-electron chi connectivity index (χ1n) is 9.58. The second-order valence-electron chi connectivity index (χ2n) is 7.24. The molecule has 0 radical (unpaired) electrons. The molecule has 1 unspecified atom stereocenters. The second-order valence-corrected chi connectivity index (χ2v) is 7.24. The molecule has 1 atom stereocenters. The Hall–Kier alpha value is -2.53. The number of hydrogen-bond donors (Lipinski definition) is 0. The molecule has 2 aromatic rings. The number of benzene rings is 2. The van der Waals surface area contributed by atoms with Crippen molar-refractivity contribution in [3.63, 3.8) is 0 Å². The third-order valence-corrected chi connectivity index (χ3v) is 5.48. The van der Waals surface area contributed by atoms with Gasteiger partial charge in [-0.05, 0) is 24.1 Å². The molecule has 1 saturated heterocycles. The highest BCUT2D eigenvalue weighted by Crippen LogP contribution is 2.35. The highest BCUT2D eigenvalue weighted by atomic mass is 16.5. The van der Waals surface area contributed by atoms with E-state index in [4.69, 9.17) is 9.47 Å². The number of piperazine rings is 1. The summed E-state index contributed by atoms with van der Waals surface area (Å²) in [5, 5.41) is 0. The largest absolute Gasteiger partial charge is 0.496 e. The third-order valence-electron chi connectivity index (χ3n) is 5.48. The lowest BCUT2D eigenvalue weighted by atomic mass is 9.94. The zero-order chi connectivity index (χ0) is 18.6. The molecule has 142 valence electrons. The minimum atomic E-state index is -0.130. The van der Waals surface area contributed by atoms with Crippen LogP contribution in [-0.4, -0.2) is 55.6 Å². The van der Waals surface area contributed by atoms with E-state index in [0.29, 0.717) is 13.0 Å². The van der Waals surface area contributed by atoms with Crippen LogP contribution in [-0.2, 0) is 17.8 Å². The lowest BCUT2D eigenvalue weighted by molar-refractivity contribution is -0.138. The van der Waals surface area contributed by atoms with Crippen LogP contribution < -0.4 is 9.47 Å². The molecular weight excluding hydrogens is 340 g/mol. The van der Waals surface area contributed by atoms with Crippen molar-refractivity contribution in [2.75, 3.05) is 39.9 Å². The maximum atomic E-state index is 13.0. The predicted molar refractivity (Wildman–Crippen MR) is 104 cm³/mol. The highest BCUT2D eigenvalue weighted by molar-refractivity contribution is 5.80. The fourth-order valence-electron chi connectivity index (χ4n) is 3.95. The Labute approximate surface area is 160 Å². The van der Waals surface area contributed by atoms with Crippen LogP contribution in [0.15, 0.2) is 48.5 Å². The molecule has 0 aliphatic carbocycles. The topological polar surface area (TPSA) is 42.0 Å². The van der Waals surface area contributed by atoms with Gasteiger partial charge in [0.1, 0.15) is 18.1 Å². The van der Waals surface area contributed by atoms with E-state index in [2.05, 4.69) is 29.2 Å². The average Bonchev–Trinajstić information content (AvgIpc) is 2.73. The van der Waals surface area contributed by atoms with Crippen LogP contribution in [0.3, 0.4) is 0 Å². The van der Waals surface area contributed by atoms with E-state index in [-0.39, 0.29) is 11.8 Å². The minimum Gasteiger partial charge on any atom is -0.496 e. The molecule has 0 aromatic heterocycles. The van der Waals surface area contributed by atoms with Crippen molar-refractivity contribution in [3.05, 3.63) is 59.7 Å². The van der Waals surface area contributed by atoms with Crippen LogP contribution in [0, 0.1) is 5.92 Å². The predicted octanol–water partition coefficient (Wildman–Crippen LogP) is 2.59. The summed E-state index contributed by atoms with van der Waals surface area (Å²) < 4.78 is 11.3. The number of carbonyl (C=O) groups is 1. The van der Waals surface area contributed by atoms with E-state index in [1.807, 2.05) is 29.2 Å². The molecule has 27 heavy (non-hydrogen) atoms. The summed E-state index contributed by atoms with van der Waals surface area (Å²) in [6.45, 7) is 4.77. The normalized spacial score (nSPS) is 19.9. The highest BCUT2D eigenvalue weighted by Gasteiger charge is 2.32. The summed E-state index contributed by atoms with van der Waals surface area (Å²) in [4.78, 5) is 17.4. The molecule has 1 amide bonds. The van der Waals surface area contributed by atoms with Crippen molar-refractivity contribution in [1.29, 1.82) is 0 Å². The Morgan fingerprint density at radius 2 is 1.85 bits per heavy atom. The summed E-state index contributed by atoms with van der Waals surface area (Å²) in [6, 6.07) is 16.3. The van der Waals surface area contributed by atoms with Gasteiger partial charge >= 0.3 is 0 Å². The summed E-state index contributed by atoms with van der Waals surface area (Å²) in [7, 11) is 1.66. The molecule has 0 bridgehead atoms. The van der Waals surface area contributed by atoms with Gasteiger partial charge in [0.25, 0.3) is 0 Å². The summed E-state index contributed by atoms with van der Waals surface area (Å²) in [6.07, 6.45) is 0.683. The minimum absolute atomic E-state index is 0.130. The number of methoxy groups -OCH3 is 1. The van der Waals surface area contributed by atoms with Gasteiger partial charge < -0.3 is 14.4 Å². The average molecular weight is 366 g/mol. The third kappa shape index (κ3) is 3.93. The van der Waals surface area contributed by atoms with Crippen molar-refractivity contribution in [2.24, 2.45) is 5.92 Å². The van der Waals surface area contributed by atoms with E-state index in [1.54, 1.807) is 7.11 Å². The Balaban J connectivity index is 1.34. The summed E-state index contributed by atoms with van der Waals surface area (Å²) >= 11 is 0. The van der Waals surface area contributed by atoms with Gasteiger partial charge in [0.2, 0.25) is 5.91 Å².